The van der Waals surface area contributed by atoms with Crippen LogP contribution in [0.3, 0.4) is 0 Å². The largest absolute Gasteiger partial charge is 0.388 e. The molecular formula is C16H24N2O3. The zero-order valence-electron chi connectivity index (χ0n) is 12.9. The van der Waals surface area contributed by atoms with Gasteiger partial charge in [-0.3, -0.25) is 9.69 Å². The van der Waals surface area contributed by atoms with Crippen molar-refractivity contribution in [3.05, 3.63) is 35.9 Å². The zero-order chi connectivity index (χ0) is 15.5. The highest BCUT2D eigenvalue weighted by Crippen LogP contribution is 2.35. The van der Waals surface area contributed by atoms with Crippen molar-refractivity contribution in [2.24, 2.45) is 0 Å². The standard InChI is InChI=1S/C16H24N2O3/c1-16(20)9-10-18(2)14(12-7-5-4-6-8-12)15(16)17-13(19)11-21-3/h4-8,14-15,20H,9-11H2,1-3H3,(H,17,19)/t14-,15-,16+/m0/s1. The lowest BCUT2D eigenvalue weighted by Crippen LogP contribution is -2.62. The topological polar surface area (TPSA) is 61.8 Å². The number of likely N-dealkylation sites (N-methyl/N-ethyl adjacent to an activating group) is 1. The van der Waals surface area contributed by atoms with E-state index < -0.39 is 5.60 Å². The van der Waals surface area contributed by atoms with Gasteiger partial charge in [-0.2, -0.15) is 0 Å². The van der Waals surface area contributed by atoms with Crippen molar-refractivity contribution in [2.45, 2.75) is 31.0 Å². The molecule has 1 saturated heterocycles. The number of ether oxygens (including phenoxy) is 1. The van der Waals surface area contributed by atoms with E-state index >= 15 is 0 Å². The van der Waals surface area contributed by atoms with Crippen LogP contribution in [0.25, 0.3) is 0 Å². The van der Waals surface area contributed by atoms with Gasteiger partial charge in [0.2, 0.25) is 5.91 Å². The van der Waals surface area contributed by atoms with Crippen LogP contribution in [-0.2, 0) is 9.53 Å². The number of hydrogen-bond donors (Lipinski definition) is 2. The Morgan fingerprint density at radius 3 is 2.76 bits per heavy atom. The Kier molecular flexibility index (Phi) is 4.98. The maximum absolute atomic E-state index is 11.9. The Hall–Kier alpha value is -1.43. The fourth-order valence-electron chi connectivity index (χ4n) is 2.97. The van der Waals surface area contributed by atoms with E-state index in [1.807, 2.05) is 37.4 Å². The molecule has 1 aliphatic rings. The molecule has 1 aromatic rings. The Balaban J connectivity index is 2.29. The van der Waals surface area contributed by atoms with Gasteiger partial charge in [-0.25, -0.2) is 0 Å². The maximum atomic E-state index is 11.9. The van der Waals surface area contributed by atoms with Gasteiger partial charge in [-0.05, 0) is 26.0 Å². The molecule has 0 radical (unpaired) electrons. The highest BCUT2D eigenvalue weighted by atomic mass is 16.5. The van der Waals surface area contributed by atoms with Crippen molar-refractivity contribution in [2.75, 3.05) is 27.3 Å². The number of carbonyl (C=O) groups excluding carboxylic acids is 1. The molecule has 0 aliphatic carbocycles. The number of aliphatic hydroxyl groups is 1. The van der Waals surface area contributed by atoms with Crippen LogP contribution >= 0.6 is 0 Å². The molecular weight excluding hydrogens is 268 g/mol. The third-order valence-corrected chi connectivity index (χ3v) is 4.16. The van der Waals surface area contributed by atoms with E-state index in [9.17, 15) is 9.90 Å². The molecule has 3 atom stereocenters. The maximum Gasteiger partial charge on any atom is 0.246 e. The quantitative estimate of drug-likeness (QED) is 0.867. The van der Waals surface area contributed by atoms with Crippen molar-refractivity contribution >= 4 is 5.91 Å². The first-order chi connectivity index (χ1) is 9.95. The van der Waals surface area contributed by atoms with Gasteiger partial charge >= 0.3 is 0 Å². The van der Waals surface area contributed by atoms with Gasteiger partial charge in [0, 0.05) is 13.7 Å². The molecule has 5 nitrogen and oxygen atoms in total. The van der Waals surface area contributed by atoms with Crippen LogP contribution in [0.1, 0.15) is 24.9 Å². The second-order valence-corrected chi connectivity index (χ2v) is 5.92. The first-order valence-electron chi connectivity index (χ1n) is 7.21. The minimum absolute atomic E-state index is 0.00218. The fraction of sp³-hybridized carbons (Fsp3) is 0.562. The summed E-state index contributed by atoms with van der Waals surface area (Å²) in [7, 11) is 3.50. The molecule has 5 heteroatoms. The monoisotopic (exact) mass is 292 g/mol. The summed E-state index contributed by atoms with van der Waals surface area (Å²) in [6.07, 6.45) is 0.616. The molecule has 1 aromatic carbocycles. The zero-order valence-corrected chi connectivity index (χ0v) is 12.9. The number of carbonyl (C=O) groups is 1. The summed E-state index contributed by atoms with van der Waals surface area (Å²) in [4.78, 5) is 14.1. The molecule has 0 bridgehead atoms. The Labute approximate surface area is 125 Å². The summed E-state index contributed by atoms with van der Waals surface area (Å²) in [5.74, 6) is -0.209. The minimum atomic E-state index is -0.948. The first kappa shape index (κ1) is 15.9. The van der Waals surface area contributed by atoms with Gasteiger partial charge in [-0.1, -0.05) is 30.3 Å². The highest BCUT2D eigenvalue weighted by molar-refractivity contribution is 5.77. The van der Waals surface area contributed by atoms with Crippen molar-refractivity contribution in [1.82, 2.24) is 10.2 Å². The Bertz CT molecular complexity index is 476. The molecule has 0 aromatic heterocycles. The SMILES string of the molecule is COCC(=O)N[C@H]1[C@H](c2ccccc2)N(C)CC[C@@]1(C)O. The minimum Gasteiger partial charge on any atom is -0.388 e. The van der Waals surface area contributed by atoms with Gasteiger partial charge in [0.15, 0.2) is 0 Å². The van der Waals surface area contributed by atoms with Gasteiger partial charge in [-0.15, -0.1) is 0 Å². The molecule has 21 heavy (non-hydrogen) atoms. The number of rotatable bonds is 4. The lowest BCUT2D eigenvalue weighted by Gasteiger charge is -2.48. The number of nitrogens with one attached hydrogen (secondary N) is 1. The lowest BCUT2D eigenvalue weighted by atomic mass is 9.80. The van der Waals surface area contributed by atoms with Gasteiger partial charge in [0.05, 0.1) is 17.7 Å². The van der Waals surface area contributed by atoms with Gasteiger partial charge in [0.25, 0.3) is 0 Å². The van der Waals surface area contributed by atoms with Gasteiger partial charge in [0.1, 0.15) is 6.61 Å². The van der Waals surface area contributed by atoms with Gasteiger partial charge < -0.3 is 15.2 Å². The molecule has 2 rings (SSSR count). The molecule has 2 N–H and O–H groups in total. The molecule has 0 unspecified atom stereocenters. The summed E-state index contributed by atoms with van der Waals surface area (Å²) < 4.78 is 4.87. The number of piperidine rings is 1. The summed E-state index contributed by atoms with van der Waals surface area (Å²) in [5.41, 5.74) is 0.138. The van der Waals surface area contributed by atoms with Crippen LogP contribution in [-0.4, -0.2) is 54.9 Å². The van der Waals surface area contributed by atoms with E-state index in [0.29, 0.717) is 6.42 Å². The average Bonchev–Trinajstić information content (AvgIpc) is 2.45. The molecule has 116 valence electrons. The van der Waals surface area contributed by atoms with E-state index in [4.69, 9.17) is 4.74 Å². The highest BCUT2D eigenvalue weighted by Gasteiger charge is 2.44. The number of methoxy groups -OCH3 is 1. The number of benzene rings is 1. The number of likely N-dealkylation sites (tertiary alicyclic amines) is 1. The van der Waals surface area contributed by atoms with Crippen molar-refractivity contribution in [3.8, 4) is 0 Å². The number of hydrogen-bond acceptors (Lipinski definition) is 4. The summed E-state index contributed by atoms with van der Waals surface area (Å²) >= 11 is 0. The van der Waals surface area contributed by atoms with E-state index in [2.05, 4.69) is 10.2 Å². The van der Waals surface area contributed by atoms with Crippen LogP contribution in [0.4, 0.5) is 0 Å². The van der Waals surface area contributed by atoms with Crippen LogP contribution < -0.4 is 5.32 Å². The van der Waals surface area contributed by atoms with Crippen molar-refractivity contribution < 1.29 is 14.6 Å². The molecule has 0 spiro atoms. The second kappa shape index (κ2) is 6.56. The van der Waals surface area contributed by atoms with Crippen LogP contribution in [0.2, 0.25) is 0 Å². The summed E-state index contributed by atoms with van der Waals surface area (Å²) in [5, 5.41) is 13.7. The first-order valence-corrected chi connectivity index (χ1v) is 7.21. The molecule has 1 heterocycles. The predicted molar refractivity (Wildman–Crippen MR) is 80.9 cm³/mol. The molecule has 1 fully saturated rings. The van der Waals surface area contributed by atoms with Crippen molar-refractivity contribution in [1.29, 1.82) is 0 Å². The van der Waals surface area contributed by atoms with Crippen molar-refractivity contribution in [3.63, 3.8) is 0 Å². The number of nitrogens with zero attached hydrogens (tertiary/aromatic N) is 1. The Morgan fingerprint density at radius 2 is 2.14 bits per heavy atom. The average molecular weight is 292 g/mol. The molecule has 1 amide bonds. The predicted octanol–water partition coefficient (Wildman–Crippen LogP) is 0.945. The van der Waals surface area contributed by atoms with E-state index in [1.165, 1.54) is 7.11 Å². The smallest absolute Gasteiger partial charge is 0.246 e. The fourth-order valence-corrected chi connectivity index (χ4v) is 2.97. The normalized spacial score (nSPS) is 30.1. The van der Waals surface area contributed by atoms with Crippen LogP contribution in [0, 0.1) is 0 Å². The lowest BCUT2D eigenvalue weighted by molar-refractivity contribution is -0.131. The van der Waals surface area contributed by atoms with Crippen LogP contribution in [0.5, 0.6) is 0 Å². The third-order valence-electron chi connectivity index (χ3n) is 4.16. The molecule has 0 saturated carbocycles. The third kappa shape index (κ3) is 3.61. The van der Waals surface area contributed by atoms with E-state index in [-0.39, 0.29) is 24.6 Å². The Morgan fingerprint density at radius 1 is 1.48 bits per heavy atom. The number of amides is 1. The second-order valence-electron chi connectivity index (χ2n) is 5.92. The van der Waals surface area contributed by atoms with E-state index in [1.54, 1.807) is 6.92 Å². The summed E-state index contributed by atoms with van der Waals surface area (Å²) in [6, 6.07) is 9.53. The summed E-state index contributed by atoms with van der Waals surface area (Å²) in [6.45, 7) is 2.56. The molecule has 1 aliphatic heterocycles. The van der Waals surface area contributed by atoms with Crippen LogP contribution in [0.15, 0.2) is 30.3 Å². The van der Waals surface area contributed by atoms with E-state index in [0.717, 1.165) is 12.1 Å².